The molecule has 3 aromatic rings. The summed E-state index contributed by atoms with van der Waals surface area (Å²) in [6.07, 6.45) is 5.33. The lowest BCUT2D eigenvalue weighted by molar-refractivity contribution is -0.139. The van der Waals surface area contributed by atoms with E-state index in [4.69, 9.17) is 0 Å². The van der Waals surface area contributed by atoms with Gasteiger partial charge in [0.15, 0.2) is 0 Å². The van der Waals surface area contributed by atoms with Crippen LogP contribution in [0, 0.1) is 5.92 Å². The molecule has 39 heavy (non-hydrogen) atoms. The maximum atomic E-state index is 14.4. The highest BCUT2D eigenvalue weighted by atomic mass is 16.2. The van der Waals surface area contributed by atoms with Crippen LogP contribution in [-0.4, -0.2) is 48.5 Å². The molecule has 1 amide bonds. The van der Waals surface area contributed by atoms with Gasteiger partial charge in [0.2, 0.25) is 5.91 Å². The summed E-state index contributed by atoms with van der Waals surface area (Å²) in [7, 11) is 0. The van der Waals surface area contributed by atoms with E-state index in [0.29, 0.717) is 11.8 Å². The van der Waals surface area contributed by atoms with E-state index in [0.717, 1.165) is 52.0 Å². The van der Waals surface area contributed by atoms with Gasteiger partial charge < -0.3 is 15.2 Å². The van der Waals surface area contributed by atoms with Crippen molar-refractivity contribution in [3.8, 4) is 0 Å². The molecule has 2 N–H and O–H groups in total. The first-order valence-corrected chi connectivity index (χ1v) is 14.6. The minimum atomic E-state index is -0.0626. The highest BCUT2D eigenvalue weighted by molar-refractivity contribution is 5.82. The summed E-state index contributed by atoms with van der Waals surface area (Å²) in [5, 5.41) is 5.78. The van der Waals surface area contributed by atoms with Gasteiger partial charge in [-0.2, -0.15) is 0 Å². The highest BCUT2D eigenvalue weighted by Crippen LogP contribution is 2.42. The number of piperidine rings is 1. The Kier molecular flexibility index (Phi) is 7.80. The molecule has 3 heterocycles. The van der Waals surface area contributed by atoms with Crippen molar-refractivity contribution >= 4 is 11.5 Å². The van der Waals surface area contributed by atoms with Crippen molar-refractivity contribution in [1.82, 2.24) is 20.7 Å². The van der Waals surface area contributed by atoms with Crippen molar-refractivity contribution < 1.29 is 4.79 Å². The molecule has 0 bridgehead atoms. The molecule has 2 fully saturated rings. The quantitative estimate of drug-likeness (QED) is 0.419. The summed E-state index contributed by atoms with van der Waals surface area (Å²) in [5.74, 6) is 0.864. The average Bonchev–Trinajstić information content (AvgIpc) is 3.68. The number of hydrazine groups is 1. The number of hydrogen-bond acceptors (Lipinski definition) is 4. The molecular weight excluding hydrogens is 480 g/mol. The van der Waals surface area contributed by atoms with Gasteiger partial charge >= 0.3 is 0 Å². The predicted molar refractivity (Wildman–Crippen MR) is 158 cm³/mol. The number of carbonyl (C=O) groups is 1. The Morgan fingerprint density at radius 1 is 0.897 bits per heavy atom. The van der Waals surface area contributed by atoms with E-state index in [1.54, 1.807) is 0 Å². The van der Waals surface area contributed by atoms with E-state index in [2.05, 4.69) is 119 Å². The summed E-state index contributed by atoms with van der Waals surface area (Å²) in [4.78, 5) is 16.6. The Balaban J connectivity index is 1.27. The first-order valence-electron chi connectivity index (χ1n) is 14.6. The topological polar surface area (TPSA) is 47.6 Å². The van der Waals surface area contributed by atoms with E-state index >= 15 is 0 Å². The monoisotopic (exact) mass is 520 g/mol. The zero-order chi connectivity index (χ0) is 26.6. The van der Waals surface area contributed by atoms with Gasteiger partial charge in [0.25, 0.3) is 0 Å². The fourth-order valence-electron chi connectivity index (χ4n) is 6.85. The highest BCUT2D eigenvalue weighted by Gasteiger charge is 2.42. The largest absolute Gasteiger partial charge is 0.335 e. The Bertz CT molecular complexity index is 1290. The van der Waals surface area contributed by atoms with E-state index in [-0.39, 0.29) is 17.9 Å². The van der Waals surface area contributed by atoms with Crippen LogP contribution in [0.3, 0.4) is 0 Å². The molecule has 0 aromatic heterocycles. The zero-order valence-corrected chi connectivity index (χ0v) is 22.9. The van der Waals surface area contributed by atoms with Gasteiger partial charge in [0.1, 0.15) is 0 Å². The standard InChI is InChI=1S/C34H40N4O/c1-2-18-37-24-28(21-36-37)29-15-9-10-16-30(29)31-22-35-23-32(31)34(39)38-19-17-27(25-11-5-3-6-12-25)20-33(38)26-13-7-4-8-14-26/h3-16,24,27,31-33,35-36H,2,17-23H2,1H3/t27-,31-,32+,33+/m0/s1. The molecule has 5 heteroatoms. The fourth-order valence-corrected chi connectivity index (χ4v) is 6.85. The molecule has 0 unspecified atom stereocenters. The molecule has 3 aliphatic heterocycles. The van der Waals surface area contributed by atoms with Crippen molar-refractivity contribution in [2.75, 3.05) is 32.7 Å². The summed E-state index contributed by atoms with van der Waals surface area (Å²) in [6.45, 7) is 6.40. The lowest BCUT2D eigenvalue weighted by Crippen LogP contribution is -2.45. The van der Waals surface area contributed by atoms with Crippen molar-refractivity contribution in [3.05, 3.63) is 113 Å². The van der Waals surface area contributed by atoms with Crippen LogP contribution in [0.25, 0.3) is 5.57 Å². The van der Waals surface area contributed by atoms with Gasteiger partial charge in [-0.05, 0) is 53.0 Å². The number of rotatable bonds is 7. The first kappa shape index (κ1) is 25.8. The molecule has 2 saturated heterocycles. The van der Waals surface area contributed by atoms with Crippen LogP contribution in [0.15, 0.2) is 91.1 Å². The van der Waals surface area contributed by atoms with Gasteiger partial charge in [-0.3, -0.25) is 4.79 Å². The number of benzene rings is 3. The normalized spacial score (nSPS) is 25.1. The number of likely N-dealkylation sites (tertiary alicyclic amines) is 1. The lowest BCUT2D eigenvalue weighted by Gasteiger charge is -2.42. The molecule has 0 saturated carbocycles. The molecule has 6 rings (SSSR count). The maximum absolute atomic E-state index is 14.4. The summed E-state index contributed by atoms with van der Waals surface area (Å²) in [5.41, 5.74) is 10.0. The number of nitrogens with one attached hydrogen (secondary N) is 2. The average molecular weight is 521 g/mol. The fraction of sp³-hybridized carbons (Fsp3) is 0.382. The van der Waals surface area contributed by atoms with Gasteiger partial charge in [0.05, 0.1) is 12.0 Å². The first-order chi connectivity index (χ1) is 19.2. The Hall–Kier alpha value is -3.41. The molecule has 202 valence electrons. The van der Waals surface area contributed by atoms with Crippen LogP contribution in [0.5, 0.6) is 0 Å². The van der Waals surface area contributed by atoms with E-state index in [1.165, 1.54) is 27.8 Å². The molecule has 3 aromatic carbocycles. The molecule has 5 nitrogen and oxygen atoms in total. The minimum absolute atomic E-state index is 0.0626. The SMILES string of the molecule is CCCN1C=C(c2ccccc2[C@@H]2CNC[C@H]2C(=O)N2CC[C@H](c3ccccc3)C[C@@H]2c2ccccc2)CN1. The summed E-state index contributed by atoms with van der Waals surface area (Å²) < 4.78 is 0. The van der Waals surface area contributed by atoms with E-state index < -0.39 is 0 Å². The lowest BCUT2D eigenvalue weighted by atomic mass is 9.80. The van der Waals surface area contributed by atoms with Crippen LogP contribution in [0.2, 0.25) is 0 Å². The van der Waals surface area contributed by atoms with Crippen molar-refractivity contribution in [3.63, 3.8) is 0 Å². The third kappa shape index (κ3) is 5.39. The molecular formula is C34H40N4O. The van der Waals surface area contributed by atoms with E-state index in [9.17, 15) is 4.79 Å². The number of nitrogens with zero attached hydrogens (tertiary/aromatic N) is 2. The van der Waals surface area contributed by atoms with Gasteiger partial charge in [-0.25, -0.2) is 5.43 Å². The van der Waals surface area contributed by atoms with Crippen LogP contribution in [0.1, 0.15) is 66.3 Å². The van der Waals surface area contributed by atoms with Crippen LogP contribution < -0.4 is 10.7 Å². The second-order valence-electron chi connectivity index (χ2n) is 11.2. The minimum Gasteiger partial charge on any atom is -0.335 e. The molecule has 4 atom stereocenters. The van der Waals surface area contributed by atoms with Gasteiger partial charge in [0, 0.05) is 44.8 Å². The smallest absolute Gasteiger partial charge is 0.228 e. The van der Waals surface area contributed by atoms with Gasteiger partial charge in [-0.1, -0.05) is 91.9 Å². The summed E-state index contributed by atoms with van der Waals surface area (Å²) >= 11 is 0. The number of carbonyl (C=O) groups excluding carboxylic acids is 1. The molecule has 0 radical (unpaired) electrons. The number of amides is 1. The van der Waals surface area contributed by atoms with Crippen LogP contribution in [0.4, 0.5) is 0 Å². The third-order valence-corrected chi connectivity index (χ3v) is 8.83. The van der Waals surface area contributed by atoms with E-state index in [1.807, 2.05) is 0 Å². The Labute approximate surface area is 232 Å². The van der Waals surface area contributed by atoms with Crippen molar-refractivity contribution in [2.24, 2.45) is 5.92 Å². The predicted octanol–water partition coefficient (Wildman–Crippen LogP) is 5.71. The molecule has 0 aliphatic carbocycles. The second kappa shape index (κ2) is 11.8. The number of hydrogen-bond donors (Lipinski definition) is 2. The summed E-state index contributed by atoms with van der Waals surface area (Å²) in [6, 6.07) is 30.3. The van der Waals surface area contributed by atoms with Crippen molar-refractivity contribution in [1.29, 1.82) is 0 Å². The second-order valence-corrected chi connectivity index (χ2v) is 11.2. The van der Waals surface area contributed by atoms with Crippen molar-refractivity contribution in [2.45, 2.75) is 44.1 Å². The zero-order valence-electron chi connectivity index (χ0n) is 22.9. The molecule has 0 spiro atoms. The van der Waals surface area contributed by atoms with Crippen LogP contribution >= 0.6 is 0 Å². The van der Waals surface area contributed by atoms with Gasteiger partial charge in [-0.15, -0.1) is 0 Å². The Morgan fingerprint density at radius 3 is 2.38 bits per heavy atom. The Morgan fingerprint density at radius 2 is 1.62 bits per heavy atom. The van der Waals surface area contributed by atoms with Crippen LogP contribution in [-0.2, 0) is 4.79 Å². The maximum Gasteiger partial charge on any atom is 0.228 e. The third-order valence-electron chi connectivity index (χ3n) is 8.83. The molecule has 3 aliphatic rings.